The molecule has 2 rings (SSSR count). The number of rotatable bonds is 6. The molecule has 0 fully saturated rings. The highest BCUT2D eigenvalue weighted by atomic mass is 35.5. The summed E-state index contributed by atoms with van der Waals surface area (Å²) >= 11 is 5.97. The van der Waals surface area contributed by atoms with E-state index in [-0.39, 0.29) is 6.42 Å². The zero-order chi connectivity index (χ0) is 16.1. The molecule has 1 N–H and O–H groups in total. The summed E-state index contributed by atoms with van der Waals surface area (Å²) in [5.74, 6) is 0.0363. The van der Waals surface area contributed by atoms with E-state index in [0.717, 1.165) is 11.1 Å². The van der Waals surface area contributed by atoms with Crippen LogP contribution >= 0.6 is 11.6 Å². The molecule has 0 unspecified atom stereocenters. The molecule has 1 atom stereocenters. The van der Waals surface area contributed by atoms with Crippen LogP contribution < -0.4 is 9.47 Å². The van der Waals surface area contributed by atoms with E-state index in [9.17, 15) is 9.90 Å². The van der Waals surface area contributed by atoms with E-state index in [1.807, 2.05) is 13.0 Å². The topological polar surface area (TPSA) is 55.8 Å². The number of hydrogen-bond acceptors (Lipinski definition) is 3. The van der Waals surface area contributed by atoms with E-state index < -0.39 is 12.1 Å². The van der Waals surface area contributed by atoms with Gasteiger partial charge in [-0.15, -0.1) is 0 Å². The van der Waals surface area contributed by atoms with Crippen LogP contribution in [0.2, 0.25) is 5.02 Å². The van der Waals surface area contributed by atoms with Gasteiger partial charge in [-0.1, -0.05) is 23.7 Å². The summed E-state index contributed by atoms with van der Waals surface area (Å²) in [5.41, 5.74) is 1.83. The molecule has 0 aliphatic heterocycles. The van der Waals surface area contributed by atoms with E-state index in [0.29, 0.717) is 16.5 Å². The molecular weight excluding hydrogens is 304 g/mol. The fraction of sp³-hybridized carbons (Fsp3) is 0.235. The van der Waals surface area contributed by atoms with E-state index in [1.54, 1.807) is 43.5 Å². The Bertz CT molecular complexity index is 669. The molecule has 2 aromatic carbocycles. The summed E-state index contributed by atoms with van der Waals surface area (Å²) < 4.78 is 10.7. The minimum atomic E-state index is -1.03. The molecule has 22 heavy (non-hydrogen) atoms. The Labute approximate surface area is 134 Å². The molecule has 2 aromatic rings. The first-order valence-electron chi connectivity index (χ1n) is 6.78. The van der Waals surface area contributed by atoms with E-state index in [2.05, 4.69) is 0 Å². The van der Waals surface area contributed by atoms with Crippen LogP contribution in [0.25, 0.3) is 0 Å². The summed E-state index contributed by atoms with van der Waals surface area (Å²) in [6, 6.07) is 12.3. The van der Waals surface area contributed by atoms with Crippen LogP contribution in [0, 0.1) is 6.92 Å². The Kier molecular flexibility index (Phi) is 5.28. The van der Waals surface area contributed by atoms with Crippen molar-refractivity contribution in [1.29, 1.82) is 0 Å². The number of aryl methyl sites for hydroxylation is 1. The number of carboxylic acid groups (broad SMARTS) is 1. The van der Waals surface area contributed by atoms with Crippen molar-refractivity contribution in [3.8, 4) is 11.5 Å². The first kappa shape index (κ1) is 16.2. The first-order valence-corrected chi connectivity index (χ1v) is 7.16. The molecule has 0 aliphatic carbocycles. The second kappa shape index (κ2) is 7.18. The van der Waals surface area contributed by atoms with Gasteiger partial charge in [-0.2, -0.15) is 0 Å². The van der Waals surface area contributed by atoms with Crippen LogP contribution in [0.15, 0.2) is 42.5 Å². The van der Waals surface area contributed by atoms with Crippen molar-refractivity contribution < 1.29 is 19.4 Å². The summed E-state index contributed by atoms with van der Waals surface area (Å²) in [5, 5.41) is 9.97. The SMILES string of the molecule is COc1cccc(O[C@H](Cc2cc(Cl)ccc2C)C(=O)O)c1. The lowest BCUT2D eigenvalue weighted by molar-refractivity contribution is -0.145. The molecule has 0 bridgehead atoms. The van der Waals surface area contributed by atoms with Crippen molar-refractivity contribution >= 4 is 17.6 Å². The molecule has 0 amide bonds. The average molecular weight is 321 g/mol. The number of carbonyl (C=O) groups is 1. The molecule has 0 spiro atoms. The number of halogens is 1. The Morgan fingerprint density at radius 3 is 2.64 bits per heavy atom. The maximum Gasteiger partial charge on any atom is 0.345 e. The highest BCUT2D eigenvalue weighted by Crippen LogP contribution is 2.22. The summed E-state index contributed by atoms with van der Waals surface area (Å²) in [7, 11) is 1.54. The van der Waals surface area contributed by atoms with Gasteiger partial charge >= 0.3 is 5.97 Å². The fourth-order valence-corrected chi connectivity index (χ4v) is 2.27. The Morgan fingerprint density at radius 1 is 1.23 bits per heavy atom. The van der Waals surface area contributed by atoms with Gasteiger partial charge in [0.05, 0.1) is 7.11 Å². The summed E-state index contributed by atoms with van der Waals surface area (Å²) in [6.07, 6.45) is -0.761. The number of hydrogen-bond donors (Lipinski definition) is 1. The monoisotopic (exact) mass is 320 g/mol. The van der Waals surface area contributed by atoms with Gasteiger partial charge in [-0.3, -0.25) is 0 Å². The van der Waals surface area contributed by atoms with Gasteiger partial charge in [-0.25, -0.2) is 4.79 Å². The van der Waals surface area contributed by atoms with Crippen molar-refractivity contribution in [2.75, 3.05) is 7.11 Å². The van der Waals surface area contributed by atoms with Crippen LogP contribution in [-0.2, 0) is 11.2 Å². The summed E-state index contributed by atoms with van der Waals surface area (Å²) in [6.45, 7) is 1.91. The van der Waals surface area contributed by atoms with Gasteiger partial charge in [-0.05, 0) is 42.3 Å². The molecule has 0 saturated carbocycles. The zero-order valence-electron chi connectivity index (χ0n) is 12.4. The molecule has 0 saturated heterocycles. The smallest absolute Gasteiger partial charge is 0.345 e. The van der Waals surface area contributed by atoms with Gasteiger partial charge in [0, 0.05) is 17.5 Å². The van der Waals surface area contributed by atoms with Gasteiger partial charge in [0.15, 0.2) is 6.10 Å². The Hall–Kier alpha value is -2.20. The van der Waals surface area contributed by atoms with E-state index in [4.69, 9.17) is 21.1 Å². The van der Waals surface area contributed by atoms with Crippen molar-refractivity contribution in [3.05, 3.63) is 58.6 Å². The molecule has 0 radical (unpaired) electrons. The maximum absolute atomic E-state index is 11.5. The molecular formula is C17H17ClO4. The minimum absolute atomic E-state index is 0.235. The standard InChI is InChI=1S/C17H17ClO4/c1-11-6-7-13(18)8-12(11)9-16(17(19)20)22-15-5-3-4-14(10-15)21-2/h3-8,10,16H,9H2,1-2H3,(H,19,20)/t16-/m1/s1. The maximum atomic E-state index is 11.5. The van der Waals surface area contributed by atoms with Crippen LogP contribution in [0.5, 0.6) is 11.5 Å². The second-order valence-electron chi connectivity index (χ2n) is 4.90. The largest absolute Gasteiger partial charge is 0.497 e. The Morgan fingerprint density at radius 2 is 1.95 bits per heavy atom. The normalized spacial score (nSPS) is 11.8. The van der Waals surface area contributed by atoms with Crippen molar-refractivity contribution in [1.82, 2.24) is 0 Å². The quantitative estimate of drug-likeness (QED) is 0.881. The average Bonchev–Trinajstić information content (AvgIpc) is 2.50. The van der Waals surface area contributed by atoms with Crippen LogP contribution in [0.1, 0.15) is 11.1 Å². The van der Waals surface area contributed by atoms with E-state index in [1.165, 1.54) is 0 Å². The number of methoxy groups -OCH3 is 1. The lowest BCUT2D eigenvalue weighted by Gasteiger charge is -2.17. The van der Waals surface area contributed by atoms with E-state index >= 15 is 0 Å². The van der Waals surface area contributed by atoms with Gasteiger partial charge in [0.2, 0.25) is 0 Å². The molecule has 0 aliphatic rings. The second-order valence-corrected chi connectivity index (χ2v) is 5.34. The van der Waals surface area contributed by atoms with Crippen molar-refractivity contribution in [2.45, 2.75) is 19.4 Å². The van der Waals surface area contributed by atoms with Gasteiger partial charge in [0.25, 0.3) is 0 Å². The third-order valence-corrected chi connectivity index (χ3v) is 3.55. The molecule has 4 nitrogen and oxygen atoms in total. The fourth-order valence-electron chi connectivity index (χ4n) is 2.08. The number of ether oxygens (including phenoxy) is 2. The lowest BCUT2D eigenvalue weighted by atomic mass is 10.0. The van der Waals surface area contributed by atoms with Crippen LogP contribution in [0.4, 0.5) is 0 Å². The van der Waals surface area contributed by atoms with Crippen molar-refractivity contribution in [2.24, 2.45) is 0 Å². The highest BCUT2D eigenvalue weighted by molar-refractivity contribution is 6.30. The molecule has 116 valence electrons. The molecule has 5 heteroatoms. The first-order chi connectivity index (χ1) is 10.5. The predicted molar refractivity (Wildman–Crippen MR) is 84.9 cm³/mol. The van der Waals surface area contributed by atoms with Gasteiger partial charge in [0.1, 0.15) is 11.5 Å². The van der Waals surface area contributed by atoms with Crippen LogP contribution in [0.3, 0.4) is 0 Å². The number of carboxylic acids is 1. The number of aliphatic carboxylic acids is 1. The zero-order valence-corrected chi connectivity index (χ0v) is 13.1. The predicted octanol–water partition coefficient (Wildman–Crippen LogP) is 3.73. The lowest BCUT2D eigenvalue weighted by Crippen LogP contribution is -2.29. The minimum Gasteiger partial charge on any atom is -0.497 e. The molecule has 0 heterocycles. The number of benzene rings is 2. The third kappa shape index (κ3) is 4.15. The third-order valence-electron chi connectivity index (χ3n) is 3.31. The molecule has 0 aromatic heterocycles. The van der Waals surface area contributed by atoms with Crippen LogP contribution in [-0.4, -0.2) is 24.3 Å². The van der Waals surface area contributed by atoms with Crippen molar-refractivity contribution in [3.63, 3.8) is 0 Å². The summed E-state index contributed by atoms with van der Waals surface area (Å²) in [4.78, 5) is 11.5. The van der Waals surface area contributed by atoms with Gasteiger partial charge < -0.3 is 14.6 Å². The Balaban J connectivity index is 2.19. The highest BCUT2D eigenvalue weighted by Gasteiger charge is 2.21.